The van der Waals surface area contributed by atoms with Crippen molar-refractivity contribution < 1.29 is 13.9 Å². The quantitative estimate of drug-likeness (QED) is 0.837. The molecule has 0 aliphatic carbocycles. The van der Waals surface area contributed by atoms with Crippen LogP contribution in [0.1, 0.15) is 29.6 Å². The molecule has 2 aromatic carbocycles. The largest absolute Gasteiger partial charge is 0.497 e. The number of carbonyl (C=O) groups is 1. The van der Waals surface area contributed by atoms with Gasteiger partial charge in [0.15, 0.2) is 0 Å². The molecule has 3 aliphatic rings. The summed E-state index contributed by atoms with van der Waals surface area (Å²) in [5.74, 6) is 0.477. The number of amides is 1. The van der Waals surface area contributed by atoms with Crippen molar-refractivity contribution in [1.82, 2.24) is 4.90 Å². The molecule has 0 radical (unpaired) electrons. The average molecular weight is 393 g/mol. The first-order valence-electron chi connectivity index (χ1n) is 10.1. The Labute approximate surface area is 169 Å². The molecule has 0 saturated carbocycles. The summed E-state index contributed by atoms with van der Waals surface area (Å²) in [6.45, 7) is 2.30. The minimum absolute atomic E-state index is 0.0324. The van der Waals surface area contributed by atoms with Crippen LogP contribution in [0, 0.1) is 5.82 Å². The smallest absolute Gasteiger partial charge is 0.253 e. The van der Waals surface area contributed by atoms with Gasteiger partial charge in [0, 0.05) is 37.0 Å². The van der Waals surface area contributed by atoms with E-state index in [1.165, 1.54) is 23.5 Å². The zero-order valence-electron chi connectivity index (χ0n) is 16.5. The van der Waals surface area contributed by atoms with Crippen LogP contribution in [0.2, 0.25) is 0 Å². The second-order valence-corrected chi connectivity index (χ2v) is 7.92. The van der Waals surface area contributed by atoms with Gasteiger partial charge in [-0.2, -0.15) is 0 Å². The SMILES string of the molecule is COc1ccc2c(c1)NC1(CCN(C(=O)c3ccc(F)cc3)CC1)C1=CCCN12. The Bertz CT molecular complexity index is 978. The third kappa shape index (κ3) is 2.94. The maximum Gasteiger partial charge on any atom is 0.253 e. The minimum atomic E-state index is -0.326. The summed E-state index contributed by atoms with van der Waals surface area (Å²) < 4.78 is 18.6. The maximum absolute atomic E-state index is 13.2. The maximum atomic E-state index is 13.2. The molecule has 150 valence electrons. The lowest BCUT2D eigenvalue weighted by molar-refractivity contribution is 0.0694. The van der Waals surface area contributed by atoms with Crippen LogP contribution < -0.4 is 15.0 Å². The van der Waals surface area contributed by atoms with Crippen molar-refractivity contribution in [2.45, 2.75) is 24.8 Å². The molecule has 3 heterocycles. The summed E-state index contributed by atoms with van der Waals surface area (Å²) in [5.41, 5.74) is 3.96. The van der Waals surface area contributed by atoms with Crippen molar-refractivity contribution in [3.8, 4) is 5.75 Å². The second kappa shape index (κ2) is 6.79. The van der Waals surface area contributed by atoms with E-state index >= 15 is 0 Å². The van der Waals surface area contributed by atoms with E-state index < -0.39 is 0 Å². The number of hydrogen-bond acceptors (Lipinski definition) is 4. The van der Waals surface area contributed by atoms with Gasteiger partial charge in [-0.15, -0.1) is 0 Å². The number of likely N-dealkylation sites (tertiary alicyclic amines) is 1. The number of anilines is 2. The lowest BCUT2D eigenvalue weighted by Crippen LogP contribution is -2.56. The molecule has 1 fully saturated rings. The number of carbonyl (C=O) groups excluding carboxylic acids is 1. The van der Waals surface area contributed by atoms with Crippen LogP contribution in [0.15, 0.2) is 54.2 Å². The first kappa shape index (κ1) is 18.0. The lowest BCUT2D eigenvalue weighted by Gasteiger charge is -2.50. The normalized spacial score (nSPS) is 19.3. The lowest BCUT2D eigenvalue weighted by atomic mass is 9.81. The highest BCUT2D eigenvalue weighted by molar-refractivity contribution is 5.94. The van der Waals surface area contributed by atoms with E-state index in [-0.39, 0.29) is 17.3 Å². The average Bonchev–Trinajstić information content (AvgIpc) is 3.25. The van der Waals surface area contributed by atoms with Gasteiger partial charge in [-0.1, -0.05) is 6.08 Å². The number of methoxy groups -OCH3 is 1. The van der Waals surface area contributed by atoms with Crippen LogP contribution >= 0.6 is 0 Å². The molecule has 1 N–H and O–H groups in total. The van der Waals surface area contributed by atoms with Crippen LogP contribution in [0.4, 0.5) is 15.8 Å². The predicted molar refractivity (Wildman–Crippen MR) is 111 cm³/mol. The van der Waals surface area contributed by atoms with Gasteiger partial charge >= 0.3 is 0 Å². The molecule has 0 bridgehead atoms. The molecule has 1 saturated heterocycles. The van der Waals surface area contributed by atoms with Crippen molar-refractivity contribution in [2.24, 2.45) is 0 Å². The van der Waals surface area contributed by atoms with Gasteiger partial charge in [-0.05, 0) is 55.7 Å². The van der Waals surface area contributed by atoms with E-state index in [1.807, 2.05) is 11.0 Å². The highest BCUT2D eigenvalue weighted by atomic mass is 19.1. The Balaban J connectivity index is 1.39. The van der Waals surface area contributed by atoms with Crippen molar-refractivity contribution in [1.29, 1.82) is 0 Å². The topological polar surface area (TPSA) is 44.8 Å². The van der Waals surface area contributed by atoms with Gasteiger partial charge in [-0.25, -0.2) is 4.39 Å². The molecular formula is C23H24FN3O2. The Morgan fingerprint density at radius 1 is 1.10 bits per heavy atom. The summed E-state index contributed by atoms with van der Waals surface area (Å²) in [6, 6.07) is 12.0. The van der Waals surface area contributed by atoms with Crippen LogP contribution in [-0.4, -0.2) is 43.1 Å². The monoisotopic (exact) mass is 393 g/mol. The van der Waals surface area contributed by atoms with Crippen molar-refractivity contribution in [2.75, 3.05) is 37.0 Å². The number of hydrogen-bond donors (Lipinski definition) is 1. The number of halogens is 1. The standard InChI is InChI=1S/C23H24FN3O2/c1-29-18-8-9-20-19(15-18)25-23(21-3-2-12-27(20)21)10-13-26(14-11-23)22(28)16-4-6-17(24)7-5-16/h3-9,15,25H,2,10-14H2,1H3. The third-order valence-corrected chi connectivity index (χ3v) is 6.34. The number of benzene rings is 2. The molecule has 3 aliphatic heterocycles. The molecule has 1 spiro atoms. The molecular weight excluding hydrogens is 369 g/mol. The van der Waals surface area contributed by atoms with Crippen LogP contribution in [0.3, 0.4) is 0 Å². The van der Waals surface area contributed by atoms with E-state index in [4.69, 9.17) is 4.74 Å². The zero-order chi connectivity index (χ0) is 20.0. The molecule has 6 heteroatoms. The van der Waals surface area contributed by atoms with Crippen LogP contribution in [0.25, 0.3) is 0 Å². The van der Waals surface area contributed by atoms with Gasteiger partial charge in [0.1, 0.15) is 11.6 Å². The van der Waals surface area contributed by atoms with Crippen molar-refractivity contribution in [3.05, 3.63) is 65.6 Å². The predicted octanol–water partition coefficient (Wildman–Crippen LogP) is 4.03. The van der Waals surface area contributed by atoms with Gasteiger partial charge in [-0.3, -0.25) is 4.79 Å². The number of nitrogens with zero attached hydrogens (tertiary/aromatic N) is 2. The second-order valence-electron chi connectivity index (χ2n) is 7.92. The van der Waals surface area contributed by atoms with E-state index in [1.54, 1.807) is 19.2 Å². The molecule has 5 rings (SSSR count). The number of rotatable bonds is 2. The summed E-state index contributed by atoms with van der Waals surface area (Å²) in [4.78, 5) is 17.1. The molecule has 0 atom stereocenters. The fourth-order valence-electron chi connectivity index (χ4n) is 4.81. The van der Waals surface area contributed by atoms with Crippen LogP contribution in [0.5, 0.6) is 5.75 Å². The zero-order valence-corrected chi connectivity index (χ0v) is 16.5. The number of nitrogens with one attached hydrogen (secondary N) is 1. The van der Waals surface area contributed by atoms with E-state index in [0.29, 0.717) is 18.7 Å². The van der Waals surface area contributed by atoms with E-state index in [0.717, 1.165) is 37.2 Å². The minimum Gasteiger partial charge on any atom is -0.497 e. The first-order valence-corrected chi connectivity index (χ1v) is 10.1. The van der Waals surface area contributed by atoms with Gasteiger partial charge in [0.25, 0.3) is 5.91 Å². The Morgan fingerprint density at radius 3 is 2.59 bits per heavy atom. The molecule has 2 aromatic rings. The molecule has 0 aromatic heterocycles. The summed E-state index contributed by atoms with van der Waals surface area (Å²) >= 11 is 0. The molecule has 29 heavy (non-hydrogen) atoms. The summed E-state index contributed by atoms with van der Waals surface area (Å²) in [7, 11) is 1.68. The first-order chi connectivity index (χ1) is 14.1. The number of fused-ring (bicyclic) bond motifs is 4. The number of ether oxygens (including phenoxy) is 1. The molecule has 1 amide bonds. The Kier molecular flexibility index (Phi) is 4.23. The Hall–Kier alpha value is -3.02. The molecule has 5 nitrogen and oxygen atoms in total. The van der Waals surface area contributed by atoms with E-state index in [9.17, 15) is 9.18 Å². The van der Waals surface area contributed by atoms with E-state index in [2.05, 4.69) is 28.4 Å². The third-order valence-electron chi connectivity index (χ3n) is 6.34. The van der Waals surface area contributed by atoms with Gasteiger partial charge in [0.05, 0.1) is 24.0 Å². The summed E-state index contributed by atoms with van der Waals surface area (Å²) in [6.07, 6.45) is 5.03. The Morgan fingerprint density at radius 2 is 1.86 bits per heavy atom. The molecule has 0 unspecified atom stereocenters. The number of piperidine rings is 1. The fourth-order valence-corrected chi connectivity index (χ4v) is 4.81. The van der Waals surface area contributed by atoms with Crippen molar-refractivity contribution >= 4 is 17.3 Å². The highest BCUT2D eigenvalue weighted by Gasteiger charge is 2.46. The van der Waals surface area contributed by atoms with Gasteiger partial charge < -0.3 is 19.9 Å². The fraction of sp³-hybridized carbons (Fsp3) is 0.348. The van der Waals surface area contributed by atoms with Crippen LogP contribution in [-0.2, 0) is 0 Å². The highest BCUT2D eigenvalue weighted by Crippen LogP contribution is 2.48. The summed E-state index contributed by atoms with van der Waals surface area (Å²) in [5, 5.41) is 3.79. The van der Waals surface area contributed by atoms with Gasteiger partial charge in [0.2, 0.25) is 0 Å². The van der Waals surface area contributed by atoms with Crippen molar-refractivity contribution in [3.63, 3.8) is 0 Å².